The minimum Gasteiger partial charge on any atom is -0.308 e. The molecule has 2 heterocycles. The zero-order chi connectivity index (χ0) is 14.8. The van der Waals surface area contributed by atoms with Crippen LogP contribution in [0.3, 0.4) is 0 Å². The van der Waals surface area contributed by atoms with Crippen LogP contribution in [0.2, 0.25) is 0 Å². The first-order chi connectivity index (χ1) is 10.2. The molecule has 0 saturated carbocycles. The fourth-order valence-corrected chi connectivity index (χ4v) is 2.88. The number of pyridine rings is 1. The normalized spacial score (nSPS) is 17.4. The van der Waals surface area contributed by atoms with Gasteiger partial charge < -0.3 is 9.47 Å². The van der Waals surface area contributed by atoms with Gasteiger partial charge in [-0.25, -0.2) is 0 Å². The summed E-state index contributed by atoms with van der Waals surface area (Å²) in [6.07, 6.45) is 3.60. The van der Waals surface area contributed by atoms with Crippen LogP contribution in [0, 0.1) is 0 Å². The van der Waals surface area contributed by atoms with E-state index in [0.29, 0.717) is 0 Å². The molecule has 1 unspecified atom stereocenters. The van der Waals surface area contributed by atoms with Crippen molar-refractivity contribution in [3.05, 3.63) is 64.6 Å². The van der Waals surface area contributed by atoms with Gasteiger partial charge in [-0.15, -0.1) is 0 Å². The predicted octanol–water partition coefficient (Wildman–Crippen LogP) is 2.22. The topological polar surface area (TPSA) is 42.3 Å². The van der Waals surface area contributed by atoms with Gasteiger partial charge in [-0.1, -0.05) is 24.3 Å². The summed E-state index contributed by atoms with van der Waals surface area (Å²) in [6.45, 7) is 2.14. The standard InChI is InChI=1S/C17H18N2O2/c1-13-9-10-14-6-2-3-7-15(14)19(13)17(21)12-18-11-5-4-8-16(18)20/h2-8,11,13H,9-10,12H2,1H3. The van der Waals surface area contributed by atoms with E-state index in [1.165, 1.54) is 16.2 Å². The third-order valence-electron chi connectivity index (χ3n) is 4.00. The molecule has 1 aromatic carbocycles. The maximum atomic E-state index is 12.7. The van der Waals surface area contributed by atoms with Crippen molar-refractivity contribution in [1.29, 1.82) is 0 Å². The molecule has 2 aromatic rings. The number of benzene rings is 1. The minimum atomic E-state index is -0.149. The summed E-state index contributed by atoms with van der Waals surface area (Å²) in [5.41, 5.74) is 2.03. The molecule has 0 spiro atoms. The van der Waals surface area contributed by atoms with Gasteiger partial charge in [0.25, 0.3) is 5.56 Å². The van der Waals surface area contributed by atoms with Gasteiger partial charge in [0.05, 0.1) is 0 Å². The third-order valence-corrected chi connectivity index (χ3v) is 4.00. The zero-order valence-electron chi connectivity index (χ0n) is 12.0. The molecule has 3 rings (SSSR count). The van der Waals surface area contributed by atoms with Crippen molar-refractivity contribution < 1.29 is 4.79 Å². The molecule has 4 heteroatoms. The number of fused-ring (bicyclic) bond motifs is 1. The predicted molar refractivity (Wildman–Crippen MR) is 82.4 cm³/mol. The summed E-state index contributed by atoms with van der Waals surface area (Å²) < 4.78 is 1.45. The van der Waals surface area contributed by atoms with Crippen LogP contribution in [0.25, 0.3) is 0 Å². The smallest absolute Gasteiger partial charge is 0.250 e. The Hall–Kier alpha value is -2.36. The molecule has 1 atom stereocenters. The summed E-state index contributed by atoms with van der Waals surface area (Å²) in [7, 11) is 0. The van der Waals surface area contributed by atoms with E-state index in [9.17, 15) is 9.59 Å². The fourth-order valence-electron chi connectivity index (χ4n) is 2.88. The molecule has 4 nitrogen and oxygen atoms in total. The van der Waals surface area contributed by atoms with Crippen molar-refractivity contribution in [3.8, 4) is 0 Å². The lowest BCUT2D eigenvalue weighted by molar-refractivity contribution is -0.119. The zero-order valence-corrected chi connectivity index (χ0v) is 12.0. The lowest BCUT2D eigenvalue weighted by Gasteiger charge is -2.35. The molecule has 0 bridgehead atoms. The summed E-state index contributed by atoms with van der Waals surface area (Å²) >= 11 is 0. The second-order valence-electron chi connectivity index (χ2n) is 5.45. The monoisotopic (exact) mass is 282 g/mol. The number of carbonyl (C=O) groups excluding carboxylic acids is 1. The van der Waals surface area contributed by atoms with Gasteiger partial charge in [-0.05, 0) is 37.5 Å². The van der Waals surface area contributed by atoms with Crippen LogP contribution in [0.5, 0.6) is 0 Å². The molecule has 1 aromatic heterocycles. The molecule has 0 radical (unpaired) electrons. The number of anilines is 1. The number of nitrogens with zero attached hydrogens (tertiary/aromatic N) is 2. The van der Waals surface area contributed by atoms with E-state index in [1.807, 2.05) is 23.1 Å². The van der Waals surface area contributed by atoms with Crippen molar-refractivity contribution in [3.63, 3.8) is 0 Å². The summed E-state index contributed by atoms with van der Waals surface area (Å²) in [5.74, 6) is -0.0389. The SMILES string of the molecule is CC1CCc2ccccc2N1C(=O)Cn1ccccc1=O. The average Bonchev–Trinajstić information content (AvgIpc) is 2.49. The van der Waals surface area contributed by atoms with E-state index in [0.717, 1.165) is 18.5 Å². The first kappa shape index (κ1) is 13.6. The van der Waals surface area contributed by atoms with Crippen LogP contribution in [0.1, 0.15) is 18.9 Å². The van der Waals surface area contributed by atoms with E-state index >= 15 is 0 Å². The van der Waals surface area contributed by atoms with Crippen LogP contribution in [-0.4, -0.2) is 16.5 Å². The molecular formula is C17H18N2O2. The lowest BCUT2D eigenvalue weighted by Crippen LogP contribution is -2.44. The summed E-state index contributed by atoms with van der Waals surface area (Å²) in [5, 5.41) is 0. The number of carbonyl (C=O) groups is 1. The Morgan fingerprint density at radius 3 is 2.76 bits per heavy atom. The Labute approximate surface area is 123 Å². The Kier molecular flexibility index (Phi) is 3.60. The van der Waals surface area contributed by atoms with Gasteiger partial charge in [0.15, 0.2) is 0 Å². The van der Waals surface area contributed by atoms with E-state index in [1.54, 1.807) is 18.3 Å². The van der Waals surface area contributed by atoms with Gasteiger partial charge >= 0.3 is 0 Å². The highest BCUT2D eigenvalue weighted by molar-refractivity contribution is 5.95. The Balaban J connectivity index is 1.91. The number of aromatic nitrogens is 1. The van der Waals surface area contributed by atoms with Gasteiger partial charge in [0.1, 0.15) is 6.54 Å². The molecule has 1 aliphatic rings. The number of hydrogen-bond donors (Lipinski definition) is 0. The van der Waals surface area contributed by atoms with Gasteiger partial charge in [0, 0.05) is 24.0 Å². The molecule has 108 valence electrons. The van der Waals surface area contributed by atoms with Crippen LogP contribution in [0.4, 0.5) is 5.69 Å². The molecular weight excluding hydrogens is 264 g/mol. The Morgan fingerprint density at radius 2 is 1.95 bits per heavy atom. The fraction of sp³-hybridized carbons (Fsp3) is 0.294. The molecule has 0 fully saturated rings. The number of amides is 1. The summed E-state index contributed by atoms with van der Waals surface area (Å²) in [6, 6.07) is 13.1. The highest BCUT2D eigenvalue weighted by atomic mass is 16.2. The number of aryl methyl sites for hydroxylation is 1. The maximum absolute atomic E-state index is 12.7. The molecule has 1 amide bonds. The maximum Gasteiger partial charge on any atom is 0.250 e. The van der Waals surface area contributed by atoms with Crippen molar-refractivity contribution in [2.75, 3.05) is 4.90 Å². The van der Waals surface area contributed by atoms with E-state index in [-0.39, 0.29) is 24.1 Å². The summed E-state index contributed by atoms with van der Waals surface area (Å²) in [4.78, 5) is 26.2. The number of hydrogen-bond acceptors (Lipinski definition) is 2. The van der Waals surface area contributed by atoms with Crippen molar-refractivity contribution >= 4 is 11.6 Å². The van der Waals surface area contributed by atoms with Gasteiger partial charge in [0.2, 0.25) is 5.91 Å². The molecule has 0 saturated heterocycles. The Morgan fingerprint density at radius 1 is 1.19 bits per heavy atom. The molecule has 0 N–H and O–H groups in total. The average molecular weight is 282 g/mol. The third kappa shape index (κ3) is 2.61. The second-order valence-corrected chi connectivity index (χ2v) is 5.45. The van der Waals surface area contributed by atoms with Gasteiger partial charge in [-0.3, -0.25) is 9.59 Å². The quantitative estimate of drug-likeness (QED) is 0.847. The Bertz CT molecular complexity index is 720. The van der Waals surface area contributed by atoms with E-state index < -0.39 is 0 Å². The van der Waals surface area contributed by atoms with Crippen molar-refractivity contribution in [2.45, 2.75) is 32.4 Å². The number of para-hydroxylation sites is 1. The van der Waals surface area contributed by atoms with Crippen molar-refractivity contribution in [1.82, 2.24) is 4.57 Å². The van der Waals surface area contributed by atoms with E-state index in [2.05, 4.69) is 13.0 Å². The van der Waals surface area contributed by atoms with Gasteiger partial charge in [-0.2, -0.15) is 0 Å². The first-order valence-electron chi connectivity index (χ1n) is 7.22. The highest BCUT2D eigenvalue weighted by Gasteiger charge is 2.27. The molecule has 1 aliphatic heterocycles. The first-order valence-corrected chi connectivity index (χ1v) is 7.22. The lowest BCUT2D eigenvalue weighted by atomic mass is 9.96. The molecule has 0 aliphatic carbocycles. The van der Waals surface area contributed by atoms with Crippen molar-refractivity contribution in [2.24, 2.45) is 0 Å². The minimum absolute atomic E-state index is 0.0389. The number of rotatable bonds is 2. The largest absolute Gasteiger partial charge is 0.308 e. The molecule has 21 heavy (non-hydrogen) atoms. The van der Waals surface area contributed by atoms with Crippen LogP contribution in [-0.2, 0) is 17.8 Å². The van der Waals surface area contributed by atoms with Crippen LogP contribution < -0.4 is 10.5 Å². The van der Waals surface area contributed by atoms with Crippen LogP contribution >= 0.6 is 0 Å². The highest BCUT2D eigenvalue weighted by Crippen LogP contribution is 2.30. The van der Waals surface area contributed by atoms with Crippen LogP contribution in [0.15, 0.2) is 53.5 Å². The second kappa shape index (κ2) is 5.56. The van der Waals surface area contributed by atoms with E-state index in [4.69, 9.17) is 0 Å².